The Morgan fingerprint density at radius 3 is 2.89 bits per heavy atom. The molecule has 1 heterocycles. The molecular formula is C14H18F2O2. The number of carbonyl (C=O) groups is 1. The molecule has 1 aliphatic heterocycles. The van der Waals surface area contributed by atoms with E-state index in [1.165, 1.54) is 0 Å². The molecular weight excluding hydrogens is 238 g/mol. The van der Waals surface area contributed by atoms with E-state index in [2.05, 4.69) is 0 Å². The van der Waals surface area contributed by atoms with Crippen molar-refractivity contribution in [2.45, 2.75) is 50.6 Å². The van der Waals surface area contributed by atoms with Gasteiger partial charge in [-0.25, -0.2) is 8.78 Å². The summed E-state index contributed by atoms with van der Waals surface area (Å²) in [4.78, 5) is 12.0. The van der Waals surface area contributed by atoms with Gasteiger partial charge in [-0.15, -0.1) is 0 Å². The summed E-state index contributed by atoms with van der Waals surface area (Å²) in [6.45, 7) is 1.99. The minimum atomic E-state index is -2.80. The zero-order valence-corrected chi connectivity index (χ0v) is 10.5. The number of hydrogen-bond donors (Lipinski definition) is 0. The molecule has 4 fully saturated rings. The minimum Gasteiger partial charge on any atom is -0.452 e. The van der Waals surface area contributed by atoms with Crippen LogP contribution in [0, 0.1) is 29.6 Å². The standard InChI is InChI=1S/C14H18F2O2/c1-2-3-4-13-11-8-5-7(10(11)12(17)18-13)6-9(8)14(13,15)16/h7-11H,2-6H2,1H3/t7?,8?,9?,10?,11?,13-/m0/s1. The molecule has 4 aliphatic rings. The van der Waals surface area contributed by atoms with Crippen LogP contribution in [-0.2, 0) is 9.53 Å². The Bertz CT molecular complexity index is 422. The van der Waals surface area contributed by atoms with E-state index in [1.54, 1.807) is 0 Å². The zero-order chi connectivity index (χ0) is 12.7. The summed E-state index contributed by atoms with van der Waals surface area (Å²) in [5.41, 5.74) is -1.44. The highest BCUT2D eigenvalue weighted by Gasteiger charge is 2.84. The number of alkyl halides is 2. The van der Waals surface area contributed by atoms with Crippen molar-refractivity contribution in [2.24, 2.45) is 29.6 Å². The molecule has 0 aromatic heterocycles. The highest BCUT2D eigenvalue weighted by molar-refractivity contribution is 5.78. The third-order valence-electron chi connectivity index (χ3n) is 6.03. The van der Waals surface area contributed by atoms with Crippen LogP contribution in [0.3, 0.4) is 0 Å². The Morgan fingerprint density at radius 2 is 2.17 bits per heavy atom. The monoisotopic (exact) mass is 256 g/mol. The van der Waals surface area contributed by atoms with Gasteiger partial charge in [-0.2, -0.15) is 0 Å². The Hall–Kier alpha value is -0.670. The van der Waals surface area contributed by atoms with Gasteiger partial charge < -0.3 is 4.74 Å². The molecule has 2 nitrogen and oxygen atoms in total. The van der Waals surface area contributed by atoms with Crippen LogP contribution in [0.1, 0.15) is 39.0 Å². The molecule has 100 valence electrons. The van der Waals surface area contributed by atoms with Crippen LogP contribution in [0.5, 0.6) is 0 Å². The van der Waals surface area contributed by atoms with Gasteiger partial charge in [0.1, 0.15) is 0 Å². The van der Waals surface area contributed by atoms with E-state index in [-0.39, 0.29) is 29.6 Å². The molecule has 1 saturated heterocycles. The maximum Gasteiger partial charge on any atom is 0.310 e. The van der Waals surface area contributed by atoms with Crippen LogP contribution in [0.25, 0.3) is 0 Å². The number of fused-ring (bicyclic) bond motifs is 2. The van der Waals surface area contributed by atoms with E-state index in [9.17, 15) is 13.6 Å². The average molecular weight is 256 g/mol. The number of halogens is 2. The predicted molar refractivity (Wildman–Crippen MR) is 60.0 cm³/mol. The molecule has 0 aromatic rings. The smallest absolute Gasteiger partial charge is 0.310 e. The van der Waals surface area contributed by atoms with Gasteiger partial charge in [0.05, 0.1) is 5.92 Å². The van der Waals surface area contributed by atoms with Crippen LogP contribution < -0.4 is 0 Å². The van der Waals surface area contributed by atoms with E-state index in [4.69, 9.17) is 4.74 Å². The lowest BCUT2D eigenvalue weighted by atomic mass is 9.77. The number of rotatable bonds is 3. The van der Waals surface area contributed by atoms with Gasteiger partial charge in [-0.1, -0.05) is 13.3 Å². The molecule has 6 atom stereocenters. The lowest BCUT2D eigenvalue weighted by Crippen LogP contribution is -2.49. The van der Waals surface area contributed by atoms with Gasteiger partial charge in [0.25, 0.3) is 5.92 Å². The predicted octanol–water partition coefficient (Wildman–Crippen LogP) is 3.01. The van der Waals surface area contributed by atoms with E-state index < -0.39 is 17.4 Å². The third-order valence-corrected chi connectivity index (χ3v) is 6.03. The van der Waals surface area contributed by atoms with Crippen molar-refractivity contribution >= 4 is 5.97 Å². The lowest BCUT2D eigenvalue weighted by Gasteiger charge is -2.35. The molecule has 0 N–H and O–H groups in total. The summed E-state index contributed by atoms with van der Waals surface area (Å²) in [5.74, 6) is -3.83. The summed E-state index contributed by atoms with van der Waals surface area (Å²) in [6.07, 6.45) is 3.31. The molecule has 3 saturated carbocycles. The van der Waals surface area contributed by atoms with Crippen LogP contribution >= 0.6 is 0 Å². The zero-order valence-electron chi connectivity index (χ0n) is 10.5. The molecule has 0 aromatic carbocycles. The first kappa shape index (κ1) is 11.2. The Morgan fingerprint density at radius 1 is 1.39 bits per heavy atom. The first-order chi connectivity index (χ1) is 8.53. The first-order valence-corrected chi connectivity index (χ1v) is 7.13. The number of esters is 1. The van der Waals surface area contributed by atoms with Crippen LogP contribution in [0.4, 0.5) is 8.78 Å². The Labute approximate surface area is 105 Å². The fourth-order valence-corrected chi connectivity index (χ4v) is 5.50. The summed E-state index contributed by atoms with van der Waals surface area (Å²) in [7, 11) is 0. The highest BCUT2D eigenvalue weighted by atomic mass is 19.3. The summed E-state index contributed by atoms with van der Waals surface area (Å²) in [6, 6.07) is 0. The van der Waals surface area contributed by atoms with Crippen molar-refractivity contribution in [2.75, 3.05) is 0 Å². The highest BCUT2D eigenvalue weighted by Crippen LogP contribution is 2.75. The molecule has 3 aliphatic carbocycles. The number of unbranched alkanes of at least 4 members (excludes halogenated alkanes) is 1. The van der Waals surface area contributed by atoms with Crippen molar-refractivity contribution < 1.29 is 18.3 Å². The maximum atomic E-state index is 14.7. The number of hydrogen-bond acceptors (Lipinski definition) is 2. The third kappa shape index (κ3) is 0.925. The van der Waals surface area contributed by atoms with Gasteiger partial charge in [-0.3, -0.25) is 4.79 Å². The number of carbonyl (C=O) groups excluding carboxylic acids is 1. The molecule has 0 spiro atoms. The van der Waals surface area contributed by atoms with Crippen molar-refractivity contribution in [3.05, 3.63) is 0 Å². The molecule has 4 heteroatoms. The van der Waals surface area contributed by atoms with Crippen LogP contribution in [-0.4, -0.2) is 17.5 Å². The van der Waals surface area contributed by atoms with Crippen molar-refractivity contribution in [1.29, 1.82) is 0 Å². The quantitative estimate of drug-likeness (QED) is 0.725. The second-order valence-electron chi connectivity index (χ2n) is 6.59. The van der Waals surface area contributed by atoms with E-state index in [0.717, 1.165) is 19.3 Å². The van der Waals surface area contributed by atoms with E-state index >= 15 is 0 Å². The van der Waals surface area contributed by atoms with E-state index in [1.807, 2.05) is 6.92 Å². The molecule has 0 amide bonds. The average Bonchev–Trinajstić information content (AvgIpc) is 2.98. The van der Waals surface area contributed by atoms with Gasteiger partial charge in [0.15, 0.2) is 5.60 Å². The van der Waals surface area contributed by atoms with Crippen molar-refractivity contribution in [3.63, 3.8) is 0 Å². The Kier molecular flexibility index (Phi) is 1.91. The Balaban J connectivity index is 1.82. The van der Waals surface area contributed by atoms with Gasteiger partial charge >= 0.3 is 5.97 Å². The summed E-state index contributed by atoms with van der Waals surface area (Å²) >= 11 is 0. The fraction of sp³-hybridized carbons (Fsp3) is 0.929. The molecule has 18 heavy (non-hydrogen) atoms. The number of ether oxygens (including phenoxy) is 1. The second-order valence-corrected chi connectivity index (χ2v) is 6.59. The normalized spacial score (nSPS) is 54.2. The second kappa shape index (κ2) is 3.07. The maximum absolute atomic E-state index is 14.7. The first-order valence-electron chi connectivity index (χ1n) is 7.13. The van der Waals surface area contributed by atoms with Crippen molar-refractivity contribution in [1.82, 2.24) is 0 Å². The SMILES string of the molecule is CCCC[C@@]12OC(=O)C3C4CC(C(C4)C1(F)F)C32. The van der Waals surface area contributed by atoms with Gasteiger partial charge in [-0.05, 0) is 37.5 Å². The minimum absolute atomic E-state index is 0.0401. The lowest BCUT2D eigenvalue weighted by molar-refractivity contribution is -0.207. The van der Waals surface area contributed by atoms with Gasteiger partial charge in [0.2, 0.25) is 0 Å². The van der Waals surface area contributed by atoms with Gasteiger partial charge in [0, 0.05) is 11.8 Å². The fourth-order valence-electron chi connectivity index (χ4n) is 5.50. The summed E-state index contributed by atoms with van der Waals surface area (Å²) in [5, 5.41) is 0. The van der Waals surface area contributed by atoms with Crippen LogP contribution in [0.2, 0.25) is 0 Å². The molecule has 4 rings (SSSR count). The van der Waals surface area contributed by atoms with E-state index in [0.29, 0.717) is 12.8 Å². The van der Waals surface area contributed by atoms with Crippen molar-refractivity contribution in [3.8, 4) is 0 Å². The molecule has 0 radical (unpaired) electrons. The summed E-state index contributed by atoms with van der Waals surface area (Å²) < 4.78 is 34.8. The molecule has 5 unspecified atom stereocenters. The topological polar surface area (TPSA) is 26.3 Å². The molecule has 2 bridgehead atoms. The van der Waals surface area contributed by atoms with Crippen LogP contribution in [0.15, 0.2) is 0 Å². The largest absolute Gasteiger partial charge is 0.452 e.